The van der Waals surface area contributed by atoms with Gasteiger partial charge in [-0.15, -0.1) is 0 Å². The van der Waals surface area contributed by atoms with Gasteiger partial charge in [-0.3, -0.25) is 4.79 Å². The first kappa shape index (κ1) is 19.4. The van der Waals surface area contributed by atoms with E-state index in [1.165, 1.54) is 0 Å². The highest BCUT2D eigenvalue weighted by Gasteiger charge is 2.48. The number of ether oxygens (including phenoxy) is 3. The van der Waals surface area contributed by atoms with Crippen molar-refractivity contribution >= 4 is 11.9 Å². The van der Waals surface area contributed by atoms with E-state index in [4.69, 9.17) is 14.2 Å². The van der Waals surface area contributed by atoms with Gasteiger partial charge in [0.05, 0.1) is 17.1 Å². The van der Waals surface area contributed by atoms with Crippen LogP contribution in [-0.4, -0.2) is 52.9 Å². The number of carbonyl (C=O) groups is 2. The van der Waals surface area contributed by atoms with E-state index in [0.29, 0.717) is 0 Å². The third-order valence-corrected chi connectivity index (χ3v) is 3.88. The van der Waals surface area contributed by atoms with E-state index in [2.05, 4.69) is 0 Å². The molecule has 1 aromatic rings. The highest BCUT2D eigenvalue weighted by atomic mass is 16.7. The van der Waals surface area contributed by atoms with Crippen LogP contribution in [0.4, 0.5) is 0 Å². The second-order valence-electron chi connectivity index (χ2n) is 7.08. The van der Waals surface area contributed by atoms with Gasteiger partial charge in [0, 0.05) is 0 Å². The van der Waals surface area contributed by atoms with Crippen LogP contribution < -0.4 is 0 Å². The maximum atomic E-state index is 12.2. The fourth-order valence-electron chi connectivity index (χ4n) is 2.37. The first-order chi connectivity index (χ1) is 11.6. The van der Waals surface area contributed by atoms with Gasteiger partial charge in [-0.25, -0.2) is 4.79 Å². The Hall–Kier alpha value is -1.96. The van der Waals surface area contributed by atoms with E-state index in [1.807, 2.05) is 0 Å². The molecule has 2 N–H and O–H groups in total. The Labute approximate surface area is 146 Å². The minimum Gasteiger partial charge on any atom is -0.456 e. The Morgan fingerprint density at radius 3 is 2.20 bits per heavy atom. The van der Waals surface area contributed by atoms with Gasteiger partial charge in [-0.2, -0.15) is 0 Å². The molecule has 1 aliphatic heterocycles. The van der Waals surface area contributed by atoms with Crippen molar-refractivity contribution in [2.24, 2.45) is 5.41 Å². The molecular formula is C18H24O7. The van der Waals surface area contributed by atoms with Gasteiger partial charge in [0.15, 0.2) is 18.5 Å². The standard InChI is InChI=1S/C18H24O7/c1-10-13(25-17(22)18(2,3)4)12(19)14(16(21)23-10)24-15(20)11-8-6-5-7-9-11/h5-10,12-14,16,19,21H,1-4H3/t10-,12+,13-,14+,16+/m0/s1. The summed E-state index contributed by atoms with van der Waals surface area (Å²) < 4.78 is 15.8. The minimum absolute atomic E-state index is 0.267. The molecular weight excluding hydrogens is 328 g/mol. The lowest BCUT2D eigenvalue weighted by Crippen LogP contribution is -2.59. The SMILES string of the molecule is C[C@@H]1O[C@@H](O)[C@H](OC(=O)c2ccccc2)[C@H](O)[C@H]1OC(=O)C(C)(C)C. The zero-order valence-electron chi connectivity index (χ0n) is 14.7. The van der Waals surface area contributed by atoms with Crippen LogP contribution in [-0.2, 0) is 19.0 Å². The summed E-state index contributed by atoms with van der Waals surface area (Å²) in [4.78, 5) is 24.3. The van der Waals surface area contributed by atoms with Gasteiger partial charge in [0.25, 0.3) is 0 Å². The third-order valence-electron chi connectivity index (χ3n) is 3.88. The summed E-state index contributed by atoms with van der Waals surface area (Å²) in [5, 5.41) is 20.5. The number of hydrogen-bond acceptors (Lipinski definition) is 7. The molecule has 5 atom stereocenters. The molecule has 7 heteroatoms. The van der Waals surface area contributed by atoms with E-state index < -0.39 is 48.1 Å². The van der Waals surface area contributed by atoms with E-state index in [9.17, 15) is 19.8 Å². The summed E-state index contributed by atoms with van der Waals surface area (Å²) in [6.45, 7) is 6.59. The number of esters is 2. The van der Waals surface area contributed by atoms with Crippen LogP contribution in [0.5, 0.6) is 0 Å². The predicted octanol–water partition coefficient (Wildman–Crippen LogP) is 1.27. The molecule has 1 aromatic carbocycles. The van der Waals surface area contributed by atoms with Crippen LogP contribution in [0.1, 0.15) is 38.1 Å². The lowest BCUT2D eigenvalue weighted by molar-refractivity contribution is -0.282. The smallest absolute Gasteiger partial charge is 0.338 e. The number of carbonyl (C=O) groups excluding carboxylic acids is 2. The first-order valence-electron chi connectivity index (χ1n) is 8.10. The summed E-state index contributed by atoms with van der Waals surface area (Å²) in [5.74, 6) is -1.25. The number of hydrogen-bond donors (Lipinski definition) is 2. The topological polar surface area (TPSA) is 102 Å². The van der Waals surface area contributed by atoms with Gasteiger partial charge >= 0.3 is 11.9 Å². The number of aliphatic hydroxyl groups excluding tert-OH is 2. The summed E-state index contributed by atoms with van der Waals surface area (Å²) >= 11 is 0. The molecule has 0 spiro atoms. The van der Waals surface area contributed by atoms with E-state index in [-0.39, 0.29) is 5.56 Å². The second-order valence-corrected chi connectivity index (χ2v) is 7.08. The maximum absolute atomic E-state index is 12.2. The Morgan fingerprint density at radius 1 is 1.04 bits per heavy atom. The molecule has 0 saturated carbocycles. The highest BCUT2D eigenvalue weighted by Crippen LogP contribution is 2.27. The fourth-order valence-corrected chi connectivity index (χ4v) is 2.37. The van der Waals surface area contributed by atoms with Crippen molar-refractivity contribution in [3.63, 3.8) is 0 Å². The van der Waals surface area contributed by atoms with Crippen LogP contribution in [0.15, 0.2) is 30.3 Å². The summed E-state index contributed by atoms with van der Waals surface area (Å²) in [7, 11) is 0. The maximum Gasteiger partial charge on any atom is 0.338 e. The van der Waals surface area contributed by atoms with Crippen molar-refractivity contribution in [2.45, 2.75) is 58.4 Å². The largest absolute Gasteiger partial charge is 0.456 e. The fraction of sp³-hybridized carbons (Fsp3) is 0.556. The van der Waals surface area contributed by atoms with Crippen molar-refractivity contribution < 1.29 is 34.0 Å². The van der Waals surface area contributed by atoms with Gasteiger partial charge in [0.2, 0.25) is 0 Å². The Balaban J connectivity index is 2.12. The normalized spacial score (nSPS) is 29.8. The van der Waals surface area contributed by atoms with Gasteiger partial charge in [0.1, 0.15) is 6.10 Å². The van der Waals surface area contributed by atoms with Crippen LogP contribution in [0, 0.1) is 5.41 Å². The monoisotopic (exact) mass is 352 g/mol. The van der Waals surface area contributed by atoms with Gasteiger partial charge in [-0.1, -0.05) is 18.2 Å². The van der Waals surface area contributed by atoms with Crippen LogP contribution in [0.2, 0.25) is 0 Å². The van der Waals surface area contributed by atoms with Gasteiger partial charge < -0.3 is 24.4 Å². The number of aliphatic hydroxyl groups is 2. The average Bonchev–Trinajstić information content (AvgIpc) is 2.54. The minimum atomic E-state index is -1.53. The summed E-state index contributed by atoms with van der Waals surface area (Å²) in [6.07, 6.45) is -6.15. The van der Waals surface area contributed by atoms with Crippen LogP contribution in [0.25, 0.3) is 0 Å². The van der Waals surface area contributed by atoms with Crippen molar-refractivity contribution in [3.05, 3.63) is 35.9 Å². The van der Waals surface area contributed by atoms with Gasteiger partial charge in [-0.05, 0) is 39.8 Å². The molecule has 0 radical (unpaired) electrons. The van der Waals surface area contributed by atoms with E-state index in [1.54, 1.807) is 58.0 Å². The lowest BCUT2D eigenvalue weighted by atomic mass is 9.95. The first-order valence-corrected chi connectivity index (χ1v) is 8.10. The molecule has 2 rings (SSSR count). The summed E-state index contributed by atoms with van der Waals surface area (Å²) in [5.41, 5.74) is -0.505. The van der Waals surface area contributed by atoms with Crippen molar-refractivity contribution in [1.29, 1.82) is 0 Å². The van der Waals surface area contributed by atoms with Crippen LogP contribution >= 0.6 is 0 Å². The van der Waals surface area contributed by atoms with Crippen molar-refractivity contribution in [3.8, 4) is 0 Å². The molecule has 1 fully saturated rings. The Kier molecular flexibility index (Phi) is 5.82. The average molecular weight is 352 g/mol. The molecule has 1 heterocycles. The Morgan fingerprint density at radius 2 is 1.64 bits per heavy atom. The molecule has 0 aliphatic carbocycles. The van der Waals surface area contributed by atoms with Crippen LogP contribution in [0.3, 0.4) is 0 Å². The molecule has 0 amide bonds. The number of benzene rings is 1. The second kappa shape index (κ2) is 7.51. The molecule has 7 nitrogen and oxygen atoms in total. The molecule has 25 heavy (non-hydrogen) atoms. The summed E-state index contributed by atoms with van der Waals surface area (Å²) in [6, 6.07) is 8.16. The van der Waals surface area contributed by atoms with Crippen molar-refractivity contribution in [2.75, 3.05) is 0 Å². The molecule has 0 bridgehead atoms. The molecule has 1 saturated heterocycles. The molecule has 138 valence electrons. The van der Waals surface area contributed by atoms with Crippen molar-refractivity contribution in [1.82, 2.24) is 0 Å². The Bertz CT molecular complexity index is 608. The zero-order chi connectivity index (χ0) is 18.8. The predicted molar refractivity (Wildman–Crippen MR) is 87.5 cm³/mol. The lowest BCUT2D eigenvalue weighted by Gasteiger charge is -2.41. The molecule has 1 aliphatic rings. The van der Waals surface area contributed by atoms with E-state index in [0.717, 1.165) is 0 Å². The quantitative estimate of drug-likeness (QED) is 0.790. The third kappa shape index (κ3) is 4.56. The molecule has 0 unspecified atom stereocenters. The zero-order valence-corrected chi connectivity index (χ0v) is 14.7. The molecule has 0 aromatic heterocycles. The number of rotatable bonds is 3. The van der Waals surface area contributed by atoms with E-state index >= 15 is 0 Å². The highest BCUT2D eigenvalue weighted by molar-refractivity contribution is 5.89.